The predicted octanol–water partition coefficient (Wildman–Crippen LogP) is 2.40. The van der Waals surface area contributed by atoms with Crippen molar-refractivity contribution in [2.45, 2.75) is 50.5 Å². The summed E-state index contributed by atoms with van der Waals surface area (Å²) in [6.07, 6.45) is 7.63. The second-order valence-corrected chi connectivity index (χ2v) is 9.87. The molecule has 0 bridgehead atoms. The van der Waals surface area contributed by atoms with Gasteiger partial charge in [0.05, 0.1) is 17.4 Å². The number of sulfonamides is 1. The van der Waals surface area contributed by atoms with Crippen molar-refractivity contribution in [3.05, 3.63) is 30.4 Å². The van der Waals surface area contributed by atoms with E-state index in [0.717, 1.165) is 19.3 Å². The minimum atomic E-state index is -3.57. The van der Waals surface area contributed by atoms with Gasteiger partial charge in [0, 0.05) is 32.5 Å². The molecule has 0 atom stereocenters. The van der Waals surface area contributed by atoms with E-state index >= 15 is 0 Å². The first-order valence-electron chi connectivity index (χ1n) is 9.12. The zero-order chi connectivity index (χ0) is 19.8. The SMILES string of the molecule is Cn1cc(S(=O)(=O)N2CCCCC2)cc1C(=O)Nc1cnn(C(C)(C)C)c1. The molecule has 1 N–H and O–H groups in total. The average Bonchev–Trinajstić information content (AvgIpc) is 3.22. The lowest BCUT2D eigenvalue weighted by molar-refractivity contribution is 0.101. The highest BCUT2D eigenvalue weighted by molar-refractivity contribution is 7.89. The van der Waals surface area contributed by atoms with Gasteiger partial charge < -0.3 is 9.88 Å². The van der Waals surface area contributed by atoms with Crippen molar-refractivity contribution in [2.75, 3.05) is 18.4 Å². The monoisotopic (exact) mass is 393 g/mol. The van der Waals surface area contributed by atoms with Crippen molar-refractivity contribution in [1.29, 1.82) is 0 Å². The lowest BCUT2D eigenvalue weighted by Crippen LogP contribution is -2.35. The van der Waals surface area contributed by atoms with Crippen molar-refractivity contribution < 1.29 is 13.2 Å². The van der Waals surface area contributed by atoms with E-state index in [1.54, 1.807) is 28.7 Å². The van der Waals surface area contributed by atoms with E-state index in [2.05, 4.69) is 10.4 Å². The van der Waals surface area contributed by atoms with E-state index in [1.165, 1.54) is 16.6 Å². The summed E-state index contributed by atoms with van der Waals surface area (Å²) in [5, 5.41) is 7.04. The van der Waals surface area contributed by atoms with Gasteiger partial charge in [-0.3, -0.25) is 9.48 Å². The molecular formula is C18H27N5O3S. The Morgan fingerprint density at radius 2 is 1.81 bits per heavy atom. The standard InChI is InChI=1S/C18H27N5O3S/c1-18(2,3)23-12-14(11-19-23)20-17(24)16-10-15(13-21(16)4)27(25,26)22-8-6-5-7-9-22/h10-13H,5-9H2,1-4H3,(H,20,24). The summed E-state index contributed by atoms with van der Waals surface area (Å²) >= 11 is 0. The highest BCUT2D eigenvalue weighted by atomic mass is 32.2. The topological polar surface area (TPSA) is 89.2 Å². The maximum atomic E-state index is 12.8. The summed E-state index contributed by atoms with van der Waals surface area (Å²) in [5.41, 5.74) is 0.662. The highest BCUT2D eigenvalue weighted by Crippen LogP contribution is 2.23. The highest BCUT2D eigenvalue weighted by Gasteiger charge is 2.28. The third-order valence-electron chi connectivity index (χ3n) is 4.69. The fourth-order valence-corrected chi connectivity index (χ4v) is 4.69. The number of amides is 1. The lowest BCUT2D eigenvalue weighted by atomic mass is 10.1. The number of carbonyl (C=O) groups is 1. The van der Waals surface area contributed by atoms with Crippen LogP contribution >= 0.6 is 0 Å². The number of piperidine rings is 1. The number of rotatable bonds is 4. The van der Waals surface area contributed by atoms with Crippen molar-refractivity contribution in [2.24, 2.45) is 7.05 Å². The number of nitrogens with zero attached hydrogens (tertiary/aromatic N) is 4. The molecule has 2 aromatic rings. The van der Waals surface area contributed by atoms with Crippen LogP contribution in [0.4, 0.5) is 5.69 Å². The largest absolute Gasteiger partial charge is 0.345 e. The van der Waals surface area contributed by atoms with Crippen LogP contribution in [0.3, 0.4) is 0 Å². The molecule has 3 rings (SSSR count). The lowest BCUT2D eigenvalue weighted by Gasteiger charge is -2.25. The van der Waals surface area contributed by atoms with Gasteiger partial charge in [0.25, 0.3) is 5.91 Å². The Labute approximate surface area is 160 Å². The second kappa shape index (κ2) is 7.12. The van der Waals surface area contributed by atoms with E-state index in [4.69, 9.17) is 0 Å². The molecule has 8 nitrogen and oxygen atoms in total. The first-order valence-corrected chi connectivity index (χ1v) is 10.6. The Hall–Kier alpha value is -2.13. The van der Waals surface area contributed by atoms with Crippen LogP contribution in [0.15, 0.2) is 29.6 Å². The maximum absolute atomic E-state index is 12.8. The Kier molecular flexibility index (Phi) is 5.18. The van der Waals surface area contributed by atoms with Crippen LogP contribution in [0.1, 0.15) is 50.5 Å². The van der Waals surface area contributed by atoms with Crippen LogP contribution in [0.5, 0.6) is 0 Å². The number of nitrogens with one attached hydrogen (secondary N) is 1. The van der Waals surface area contributed by atoms with Crippen LogP contribution in [0.2, 0.25) is 0 Å². The average molecular weight is 394 g/mol. The van der Waals surface area contributed by atoms with Crippen LogP contribution in [0.25, 0.3) is 0 Å². The van der Waals surface area contributed by atoms with Crippen LogP contribution in [0, 0.1) is 0 Å². The van der Waals surface area contributed by atoms with E-state index in [0.29, 0.717) is 18.8 Å². The number of anilines is 1. The summed E-state index contributed by atoms with van der Waals surface area (Å²) in [6, 6.07) is 1.44. The molecule has 0 spiro atoms. The molecular weight excluding hydrogens is 366 g/mol. The van der Waals surface area contributed by atoms with Gasteiger partial charge in [-0.25, -0.2) is 8.42 Å². The van der Waals surface area contributed by atoms with E-state index in [9.17, 15) is 13.2 Å². The molecule has 9 heteroatoms. The molecule has 0 aliphatic carbocycles. The first kappa shape index (κ1) is 19.6. The Morgan fingerprint density at radius 1 is 1.15 bits per heavy atom. The van der Waals surface area contributed by atoms with Gasteiger partial charge in [-0.05, 0) is 39.7 Å². The second-order valence-electron chi connectivity index (χ2n) is 7.94. The van der Waals surface area contributed by atoms with Gasteiger partial charge in [-0.15, -0.1) is 0 Å². The quantitative estimate of drug-likeness (QED) is 0.864. The molecule has 3 heterocycles. The molecule has 27 heavy (non-hydrogen) atoms. The number of aromatic nitrogens is 3. The first-order chi connectivity index (χ1) is 12.6. The maximum Gasteiger partial charge on any atom is 0.272 e. The van der Waals surface area contributed by atoms with Gasteiger partial charge >= 0.3 is 0 Å². The summed E-state index contributed by atoms with van der Waals surface area (Å²) in [6.45, 7) is 7.11. The normalized spacial score (nSPS) is 16.4. The van der Waals surface area contributed by atoms with Crippen molar-refractivity contribution in [3.63, 3.8) is 0 Å². The minimum Gasteiger partial charge on any atom is -0.345 e. The van der Waals surface area contributed by atoms with Gasteiger partial charge in [0.1, 0.15) is 10.6 Å². The summed E-state index contributed by atoms with van der Waals surface area (Å²) in [7, 11) is -1.90. The van der Waals surface area contributed by atoms with Crippen LogP contribution < -0.4 is 5.32 Å². The molecule has 0 radical (unpaired) electrons. The van der Waals surface area contributed by atoms with Crippen LogP contribution in [-0.4, -0.2) is 46.1 Å². The molecule has 1 saturated heterocycles. The fraction of sp³-hybridized carbons (Fsp3) is 0.556. The molecule has 0 aromatic carbocycles. The number of hydrogen-bond acceptors (Lipinski definition) is 4. The molecule has 1 aliphatic heterocycles. The molecule has 1 aliphatic rings. The Bertz CT molecular complexity index is 931. The number of hydrogen-bond donors (Lipinski definition) is 1. The third-order valence-corrected chi connectivity index (χ3v) is 6.56. The van der Waals surface area contributed by atoms with E-state index in [-0.39, 0.29) is 22.0 Å². The molecule has 0 unspecified atom stereocenters. The van der Waals surface area contributed by atoms with E-state index in [1.807, 2.05) is 20.8 Å². The summed E-state index contributed by atoms with van der Waals surface area (Å²) in [4.78, 5) is 12.8. The van der Waals surface area contributed by atoms with Gasteiger partial charge in [0.2, 0.25) is 10.0 Å². The molecule has 1 amide bonds. The summed E-state index contributed by atoms with van der Waals surface area (Å²) in [5.74, 6) is -0.369. The van der Waals surface area contributed by atoms with Gasteiger partial charge in [-0.2, -0.15) is 9.40 Å². The molecule has 1 fully saturated rings. The molecule has 2 aromatic heterocycles. The molecule has 0 saturated carbocycles. The van der Waals surface area contributed by atoms with Crippen molar-refractivity contribution >= 4 is 21.6 Å². The Balaban J connectivity index is 1.79. The minimum absolute atomic E-state index is 0.155. The van der Waals surface area contributed by atoms with Gasteiger partial charge in [-0.1, -0.05) is 6.42 Å². The molecule has 148 valence electrons. The van der Waals surface area contributed by atoms with E-state index < -0.39 is 10.0 Å². The third kappa shape index (κ3) is 4.08. The fourth-order valence-electron chi connectivity index (χ4n) is 3.10. The smallest absolute Gasteiger partial charge is 0.272 e. The predicted molar refractivity (Wildman–Crippen MR) is 103 cm³/mol. The Morgan fingerprint density at radius 3 is 2.41 bits per heavy atom. The van der Waals surface area contributed by atoms with Crippen LogP contribution in [-0.2, 0) is 22.6 Å². The zero-order valence-corrected chi connectivity index (χ0v) is 17.1. The van der Waals surface area contributed by atoms with Crippen molar-refractivity contribution in [1.82, 2.24) is 18.7 Å². The zero-order valence-electron chi connectivity index (χ0n) is 16.3. The summed E-state index contributed by atoms with van der Waals surface area (Å²) < 4.78 is 30.4. The van der Waals surface area contributed by atoms with Crippen molar-refractivity contribution in [3.8, 4) is 0 Å². The van der Waals surface area contributed by atoms with Gasteiger partial charge in [0.15, 0.2) is 0 Å². The number of carbonyl (C=O) groups excluding carboxylic acids is 1. The number of aryl methyl sites for hydroxylation is 1.